The predicted molar refractivity (Wildman–Crippen MR) is 87.4 cm³/mol. The van der Waals surface area contributed by atoms with Gasteiger partial charge in [-0.25, -0.2) is 4.79 Å². The van der Waals surface area contributed by atoms with Gasteiger partial charge in [0.15, 0.2) is 0 Å². The van der Waals surface area contributed by atoms with Crippen molar-refractivity contribution in [3.8, 4) is 11.3 Å². The Labute approximate surface area is 130 Å². The van der Waals surface area contributed by atoms with Crippen LogP contribution in [-0.2, 0) is 6.54 Å². The summed E-state index contributed by atoms with van der Waals surface area (Å²) in [5.74, 6) is -0.944. The van der Waals surface area contributed by atoms with Gasteiger partial charge in [-0.3, -0.25) is 4.79 Å². The van der Waals surface area contributed by atoms with Gasteiger partial charge in [-0.05, 0) is 43.5 Å². The molecule has 1 heterocycles. The van der Waals surface area contributed by atoms with Crippen LogP contribution in [-0.4, -0.2) is 15.6 Å². The van der Waals surface area contributed by atoms with Crippen molar-refractivity contribution in [1.29, 1.82) is 0 Å². The fourth-order valence-electron chi connectivity index (χ4n) is 2.53. The molecule has 2 rings (SSSR count). The van der Waals surface area contributed by atoms with Gasteiger partial charge >= 0.3 is 5.97 Å². The molecule has 1 aromatic heterocycles. The number of rotatable bonds is 4. The molecule has 22 heavy (non-hydrogen) atoms. The molecule has 2 aromatic rings. The van der Waals surface area contributed by atoms with E-state index >= 15 is 0 Å². The lowest BCUT2D eigenvalue weighted by Gasteiger charge is -2.17. The van der Waals surface area contributed by atoms with Gasteiger partial charge in [0, 0.05) is 12.1 Å². The van der Waals surface area contributed by atoms with Gasteiger partial charge in [0.1, 0.15) is 5.56 Å². The summed E-state index contributed by atoms with van der Waals surface area (Å²) < 4.78 is 1.58. The number of carbonyl (C=O) groups is 1. The van der Waals surface area contributed by atoms with Crippen LogP contribution in [0.1, 0.15) is 35.3 Å². The highest BCUT2D eigenvalue weighted by molar-refractivity contribution is 5.87. The van der Waals surface area contributed by atoms with E-state index in [1.54, 1.807) is 10.6 Å². The normalized spacial score (nSPS) is 11.0. The third-order valence-electron chi connectivity index (χ3n) is 3.62. The van der Waals surface area contributed by atoms with E-state index in [1.807, 2.05) is 45.9 Å². The third-order valence-corrected chi connectivity index (χ3v) is 3.62. The molecule has 0 unspecified atom stereocenters. The highest BCUT2D eigenvalue weighted by atomic mass is 16.4. The van der Waals surface area contributed by atoms with Crippen molar-refractivity contribution in [1.82, 2.24) is 4.57 Å². The van der Waals surface area contributed by atoms with Crippen LogP contribution in [0.2, 0.25) is 0 Å². The first-order valence-electron chi connectivity index (χ1n) is 7.36. The Morgan fingerprint density at radius 3 is 2.45 bits per heavy atom. The lowest BCUT2D eigenvalue weighted by Crippen LogP contribution is -2.29. The molecular weight excluding hydrogens is 278 g/mol. The Hall–Kier alpha value is -2.36. The van der Waals surface area contributed by atoms with Crippen LogP contribution in [0, 0.1) is 19.8 Å². The number of hydrogen-bond acceptors (Lipinski definition) is 2. The molecule has 0 saturated carbocycles. The maximum atomic E-state index is 12.5. The van der Waals surface area contributed by atoms with Crippen molar-refractivity contribution in [2.24, 2.45) is 5.92 Å². The third kappa shape index (κ3) is 3.11. The lowest BCUT2D eigenvalue weighted by atomic mass is 10.0. The Bertz CT molecular complexity index is 772. The van der Waals surface area contributed by atoms with E-state index < -0.39 is 11.5 Å². The first-order chi connectivity index (χ1) is 10.3. The summed E-state index contributed by atoms with van der Waals surface area (Å²) in [6.45, 7) is 8.49. The van der Waals surface area contributed by atoms with Crippen LogP contribution >= 0.6 is 0 Å². The zero-order chi connectivity index (χ0) is 16.4. The number of aryl methyl sites for hydroxylation is 2. The van der Waals surface area contributed by atoms with E-state index in [4.69, 9.17) is 0 Å². The molecule has 0 aliphatic carbocycles. The average molecular weight is 299 g/mol. The monoisotopic (exact) mass is 299 g/mol. The summed E-state index contributed by atoms with van der Waals surface area (Å²) in [5, 5.41) is 9.17. The zero-order valence-electron chi connectivity index (χ0n) is 13.4. The van der Waals surface area contributed by atoms with Crippen molar-refractivity contribution in [3.63, 3.8) is 0 Å². The van der Waals surface area contributed by atoms with E-state index in [0.29, 0.717) is 6.54 Å². The molecule has 116 valence electrons. The van der Waals surface area contributed by atoms with Crippen LogP contribution in [0.5, 0.6) is 0 Å². The van der Waals surface area contributed by atoms with Crippen molar-refractivity contribution < 1.29 is 9.90 Å². The van der Waals surface area contributed by atoms with E-state index in [1.165, 1.54) is 6.07 Å². The lowest BCUT2D eigenvalue weighted by molar-refractivity contribution is 0.0694. The Morgan fingerprint density at radius 1 is 1.18 bits per heavy atom. The fourth-order valence-corrected chi connectivity index (χ4v) is 2.53. The molecule has 4 heteroatoms. The second kappa shape index (κ2) is 6.18. The van der Waals surface area contributed by atoms with Gasteiger partial charge in [0.2, 0.25) is 0 Å². The molecule has 0 aliphatic heterocycles. The first-order valence-corrected chi connectivity index (χ1v) is 7.36. The number of carboxylic acid groups (broad SMARTS) is 1. The number of aromatic nitrogens is 1. The van der Waals surface area contributed by atoms with E-state index in [0.717, 1.165) is 22.4 Å². The number of carboxylic acids is 1. The predicted octanol–water partition coefficient (Wildman–Crippen LogP) is 3.49. The van der Waals surface area contributed by atoms with Gasteiger partial charge in [-0.1, -0.05) is 31.5 Å². The molecule has 0 saturated heterocycles. The number of nitrogens with zero attached hydrogens (tertiary/aromatic N) is 1. The van der Waals surface area contributed by atoms with Crippen LogP contribution in [0.3, 0.4) is 0 Å². The number of hydrogen-bond donors (Lipinski definition) is 1. The van der Waals surface area contributed by atoms with Crippen molar-refractivity contribution >= 4 is 5.97 Å². The maximum absolute atomic E-state index is 12.5. The van der Waals surface area contributed by atoms with Gasteiger partial charge in [-0.15, -0.1) is 0 Å². The van der Waals surface area contributed by atoms with Crippen LogP contribution in [0.4, 0.5) is 0 Å². The van der Waals surface area contributed by atoms with Gasteiger partial charge in [-0.2, -0.15) is 0 Å². The molecule has 1 aromatic carbocycles. The smallest absolute Gasteiger partial charge is 0.341 e. The SMILES string of the molecule is Cc1ccc(C)c(-c2ccc(C(=O)O)c(=O)n2CC(C)C)c1. The quantitative estimate of drug-likeness (QED) is 0.940. The van der Waals surface area contributed by atoms with Crippen molar-refractivity contribution in [2.75, 3.05) is 0 Å². The van der Waals surface area contributed by atoms with Gasteiger partial charge in [0.25, 0.3) is 5.56 Å². The van der Waals surface area contributed by atoms with Crippen molar-refractivity contribution in [2.45, 2.75) is 34.2 Å². The van der Waals surface area contributed by atoms with E-state index in [2.05, 4.69) is 0 Å². The molecule has 0 fully saturated rings. The number of pyridine rings is 1. The zero-order valence-corrected chi connectivity index (χ0v) is 13.4. The molecule has 0 spiro atoms. The van der Waals surface area contributed by atoms with E-state index in [-0.39, 0.29) is 11.5 Å². The Morgan fingerprint density at radius 2 is 1.86 bits per heavy atom. The molecule has 0 aliphatic rings. The minimum atomic E-state index is -1.19. The summed E-state index contributed by atoms with van der Waals surface area (Å²) in [5.41, 5.74) is 3.27. The standard InChI is InChI=1S/C18H21NO3/c1-11(2)10-19-16(8-7-14(17(19)20)18(21)22)15-9-12(3)5-6-13(15)4/h5-9,11H,10H2,1-4H3,(H,21,22). The molecule has 0 atom stereocenters. The molecule has 1 N–H and O–H groups in total. The summed E-state index contributed by atoms with van der Waals surface area (Å²) in [4.78, 5) is 23.7. The summed E-state index contributed by atoms with van der Waals surface area (Å²) in [6.07, 6.45) is 0. The number of benzene rings is 1. The fraction of sp³-hybridized carbons (Fsp3) is 0.333. The summed E-state index contributed by atoms with van der Waals surface area (Å²) in [7, 11) is 0. The summed E-state index contributed by atoms with van der Waals surface area (Å²) >= 11 is 0. The van der Waals surface area contributed by atoms with Crippen LogP contribution in [0.15, 0.2) is 35.1 Å². The van der Waals surface area contributed by atoms with Gasteiger partial charge in [0.05, 0.1) is 5.69 Å². The topological polar surface area (TPSA) is 59.3 Å². The average Bonchev–Trinajstić information content (AvgIpc) is 2.43. The first kappa shape index (κ1) is 16.0. The van der Waals surface area contributed by atoms with Crippen LogP contribution in [0.25, 0.3) is 11.3 Å². The highest BCUT2D eigenvalue weighted by Crippen LogP contribution is 2.24. The molecular formula is C18H21NO3. The van der Waals surface area contributed by atoms with Gasteiger partial charge < -0.3 is 9.67 Å². The van der Waals surface area contributed by atoms with E-state index in [9.17, 15) is 14.7 Å². The molecule has 4 nitrogen and oxygen atoms in total. The Kier molecular flexibility index (Phi) is 4.50. The molecule has 0 radical (unpaired) electrons. The minimum Gasteiger partial charge on any atom is -0.477 e. The maximum Gasteiger partial charge on any atom is 0.341 e. The second-order valence-corrected chi connectivity index (χ2v) is 6.07. The largest absolute Gasteiger partial charge is 0.477 e. The summed E-state index contributed by atoms with van der Waals surface area (Å²) in [6, 6.07) is 9.20. The van der Waals surface area contributed by atoms with Crippen LogP contribution < -0.4 is 5.56 Å². The molecule has 0 bridgehead atoms. The number of aromatic carboxylic acids is 1. The minimum absolute atomic E-state index is 0.185. The Balaban J connectivity index is 2.75. The molecule has 0 amide bonds. The van der Waals surface area contributed by atoms with Crippen molar-refractivity contribution in [3.05, 3.63) is 57.4 Å². The second-order valence-electron chi connectivity index (χ2n) is 6.07. The highest BCUT2D eigenvalue weighted by Gasteiger charge is 2.16.